The fourth-order valence-electron chi connectivity index (χ4n) is 2.72. The molecule has 5 nitrogen and oxygen atoms in total. The van der Waals surface area contributed by atoms with E-state index >= 15 is 0 Å². The second kappa shape index (κ2) is 5.61. The molecule has 2 aromatic rings. The van der Waals surface area contributed by atoms with Gasteiger partial charge in [-0.05, 0) is 44.2 Å². The first-order valence-electron chi connectivity index (χ1n) is 7.22. The highest BCUT2D eigenvalue weighted by atomic mass is 32.1. The molecule has 0 saturated carbocycles. The Kier molecular flexibility index (Phi) is 3.82. The van der Waals surface area contributed by atoms with Crippen LogP contribution in [0.1, 0.15) is 40.7 Å². The van der Waals surface area contributed by atoms with Crippen LogP contribution < -0.4 is 11.1 Å². The zero-order valence-electron chi connectivity index (χ0n) is 12.0. The van der Waals surface area contributed by atoms with Crippen molar-refractivity contribution in [2.75, 3.05) is 12.3 Å². The van der Waals surface area contributed by atoms with E-state index in [0.717, 1.165) is 35.2 Å². The van der Waals surface area contributed by atoms with E-state index in [1.165, 1.54) is 16.9 Å². The van der Waals surface area contributed by atoms with Gasteiger partial charge in [0.25, 0.3) is 5.91 Å². The zero-order valence-corrected chi connectivity index (χ0v) is 12.8. The van der Waals surface area contributed by atoms with Crippen molar-refractivity contribution in [3.05, 3.63) is 22.2 Å². The number of aliphatic hydroxyl groups excluding tert-OH is 1. The molecule has 0 aromatic carbocycles. The summed E-state index contributed by atoms with van der Waals surface area (Å²) in [7, 11) is 0. The maximum absolute atomic E-state index is 12.3. The number of fused-ring (bicyclic) bond motifs is 2. The van der Waals surface area contributed by atoms with Crippen molar-refractivity contribution in [1.29, 1.82) is 0 Å². The number of aromatic nitrogens is 1. The number of thiophene rings is 1. The summed E-state index contributed by atoms with van der Waals surface area (Å²) in [6.07, 6.45) is 3.73. The maximum atomic E-state index is 12.3. The highest BCUT2D eigenvalue weighted by Gasteiger charge is 2.21. The Morgan fingerprint density at radius 3 is 3.14 bits per heavy atom. The molecule has 0 radical (unpaired) electrons. The summed E-state index contributed by atoms with van der Waals surface area (Å²) < 4.78 is 0. The average molecular weight is 305 g/mol. The van der Waals surface area contributed by atoms with Crippen molar-refractivity contribution in [3.63, 3.8) is 0 Å². The smallest absolute Gasteiger partial charge is 0.263 e. The number of rotatable bonds is 4. The number of hydrogen-bond acceptors (Lipinski definition) is 5. The number of pyridine rings is 1. The topological polar surface area (TPSA) is 88.2 Å². The molecule has 0 aliphatic heterocycles. The van der Waals surface area contributed by atoms with Crippen LogP contribution in [0.15, 0.2) is 6.07 Å². The number of nitrogens with two attached hydrogens (primary N) is 1. The quantitative estimate of drug-likeness (QED) is 0.804. The molecular formula is C15H19N3O2S. The summed E-state index contributed by atoms with van der Waals surface area (Å²) in [5.74, 6) is -0.184. The molecule has 4 N–H and O–H groups in total. The fourth-order valence-corrected chi connectivity index (χ4v) is 3.72. The van der Waals surface area contributed by atoms with Crippen molar-refractivity contribution >= 4 is 33.1 Å². The Balaban J connectivity index is 1.93. The van der Waals surface area contributed by atoms with Gasteiger partial charge in [0, 0.05) is 23.7 Å². The van der Waals surface area contributed by atoms with Crippen LogP contribution in [0.4, 0.5) is 5.69 Å². The Morgan fingerprint density at radius 2 is 2.38 bits per heavy atom. The van der Waals surface area contributed by atoms with Crippen molar-refractivity contribution in [3.8, 4) is 0 Å². The SMILES string of the molecule is CC(CCO)NC(=O)c1sc2nc3c(cc2c1N)CCC3. The minimum Gasteiger partial charge on any atom is -0.397 e. The number of carbonyl (C=O) groups is 1. The van der Waals surface area contributed by atoms with Crippen LogP contribution >= 0.6 is 11.3 Å². The summed E-state index contributed by atoms with van der Waals surface area (Å²) in [4.78, 5) is 18.3. The lowest BCUT2D eigenvalue weighted by atomic mass is 10.1. The fraction of sp³-hybridized carbons (Fsp3) is 0.467. The summed E-state index contributed by atoms with van der Waals surface area (Å²) in [6.45, 7) is 1.92. The second-order valence-electron chi connectivity index (χ2n) is 5.53. The normalized spacial score (nSPS) is 15.1. The Bertz CT molecular complexity index is 696. The van der Waals surface area contributed by atoms with Crippen LogP contribution in [-0.2, 0) is 12.8 Å². The van der Waals surface area contributed by atoms with Gasteiger partial charge < -0.3 is 16.2 Å². The summed E-state index contributed by atoms with van der Waals surface area (Å²) >= 11 is 1.35. The molecule has 112 valence electrons. The van der Waals surface area contributed by atoms with Crippen LogP contribution in [0.25, 0.3) is 10.2 Å². The van der Waals surface area contributed by atoms with Crippen LogP contribution in [0.2, 0.25) is 0 Å². The van der Waals surface area contributed by atoms with Crippen molar-refractivity contribution in [2.24, 2.45) is 0 Å². The van der Waals surface area contributed by atoms with Gasteiger partial charge in [0.1, 0.15) is 9.71 Å². The number of hydrogen-bond donors (Lipinski definition) is 3. The minimum absolute atomic E-state index is 0.0532. The maximum Gasteiger partial charge on any atom is 0.263 e. The van der Waals surface area contributed by atoms with Gasteiger partial charge in [-0.2, -0.15) is 0 Å². The molecule has 1 aliphatic carbocycles. The molecule has 1 amide bonds. The van der Waals surface area contributed by atoms with Gasteiger partial charge in [0.15, 0.2) is 0 Å². The van der Waals surface area contributed by atoms with Gasteiger partial charge in [0.05, 0.1) is 5.69 Å². The molecule has 0 spiro atoms. The van der Waals surface area contributed by atoms with Crippen LogP contribution in [0.3, 0.4) is 0 Å². The Hall–Kier alpha value is -1.66. The highest BCUT2D eigenvalue weighted by Crippen LogP contribution is 2.35. The number of nitrogens with one attached hydrogen (secondary N) is 1. The molecule has 21 heavy (non-hydrogen) atoms. The van der Waals surface area contributed by atoms with E-state index in [2.05, 4.69) is 16.4 Å². The number of aryl methyl sites for hydroxylation is 2. The Morgan fingerprint density at radius 1 is 1.57 bits per heavy atom. The first-order valence-corrected chi connectivity index (χ1v) is 8.04. The molecule has 0 fully saturated rings. The number of carbonyl (C=O) groups excluding carboxylic acids is 1. The number of nitrogens with zero attached hydrogens (tertiary/aromatic N) is 1. The number of amides is 1. The van der Waals surface area contributed by atoms with E-state index < -0.39 is 0 Å². The van der Waals surface area contributed by atoms with Gasteiger partial charge in [-0.15, -0.1) is 11.3 Å². The first kappa shape index (κ1) is 14.3. The lowest BCUT2D eigenvalue weighted by molar-refractivity contribution is 0.0939. The predicted octanol–water partition coefficient (Wildman–Crippen LogP) is 1.87. The highest BCUT2D eigenvalue weighted by molar-refractivity contribution is 7.21. The summed E-state index contributed by atoms with van der Waals surface area (Å²) in [5, 5.41) is 12.6. The molecule has 0 saturated heterocycles. The molecule has 0 bridgehead atoms. The third-order valence-corrected chi connectivity index (χ3v) is 5.01. The van der Waals surface area contributed by atoms with E-state index in [1.807, 2.05) is 6.92 Å². The van der Waals surface area contributed by atoms with Gasteiger partial charge in [0.2, 0.25) is 0 Å². The third kappa shape index (κ3) is 2.61. The summed E-state index contributed by atoms with van der Waals surface area (Å²) in [6, 6.07) is 2.01. The van der Waals surface area contributed by atoms with Crippen molar-refractivity contribution < 1.29 is 9.90 Å². The summed E-state index contributed by atoms with van der Waals surface area (Å²) in [5.41, 5.74) is 9.06. The minimum atomic E-state index is -0.184. The number of nitrogen functional groups attached to an aromatic ring is 1. The molecule has 2 heterocycles. The molecule has 1 aliphatic rings. The number of aliphatic hydroxyl groups is 1. The third-order valence-electron chi connectivity index (χ3n) is 3.90. The van der Waals surface area contributed by atoms with E-state index in [-0.39, 0.29) is 18.6 Å². The van der Waals surface area contributed by atoms with Crippen molar-refractivity contribution in [1.82, 2.24) is 10.3 Å². The second-order valence-corrected chi connectivity index (χ2v) is 6.53. The average Bonchev–Trinajstić information content (AvgIpc) is 3.01. The lowest BCUT2D eigenvalue weighted by Gasteiger charge is -2.11. The predicted molar refractivity (Wildman–Crippen MR) is 84.7 cm³/mol. The van der Waals surface area contributed by atoms with E-state index in [9.17, 15) is 4.79 Å². The van der Waals surface area contributed by atoms with Gasteiger partial charge in [-0.25, -0.2) is 4.98 Å². The van der Waals surface area contributed by atoms with Crippen LogP contribution in [0.5, 0.6) is 0 Å². The van der Waals surface area contributed by atoms with E-state index in [0.29, 0.717) is 17.0 Å². The largest absolute Gasteiger partial charge is 0.397 e. The van der Waals surface area contributed by atoms with Gasteiger partial charge in [-0.1, -0.05) is 0 Å². The molecule has 1 atom stereocenters. The monoisotopic (exact) mass is 305 g/mol. The first-order chi connectivity index (χ1) is 10.1. The van der Waals surface area contributed by atoms with E-state index in [4.69, 9.17) is 10.8 Å². The Labute approximate surface area is 127 Å². The molecule has 3 rings (SSSR count). The van der Waals surface area contributed by atoms with E-state index in [1.54, 1.807) is 0 Å². The lowest BCUT2D eigenvalue weighted by Crippen LogP contribution is -2.33. The number of anilines is 1. The van der Waals surface area contributed by atoms with Crippen LogP contribution in [-0.4, -0.2) is 28.6 Å². The molecule has 1 unspecified atom stereocenters. The molecule has 2 aromatic heterocycles. The standard InChI is InChI=1S/C15H19N3O2S/c1-8(5-6-19)17-14(20)13-12(16)10-7-9-3-2-4-11(9)18-15(10)21-13/h7-8,19H,2-6,16H2,1H3,(H,17,20). The zero-order chi connectivity index (χ0) is 15.0. The van der Waals surface area contributed by atoms with Crippen molar-refractivity contribution in [2.45, 2.75) is 38.6 Å². The van der Waals surface area contributed by atoms with Gasteiger partial charge >= 0.3 is 0 Å². The van der Waals surface area contributed by atoms with Crippen LogP contribution in [0, 0.1) is 0 Å². The molecular weight excluding hydrogens is 286 g/mol. The van der Waals surface area contributed by atoms with Gasteiger partial charge in [-0.3, -0.25) is 4.79 Å². The molecule has 6 heteroatoms.